The fourth-order valence-corrected chi connectivity index (χ4v) is 5.21. The number of thiol groups is 1. The van der Waals surface area contributed by atoms with Crippen LogP contribution in [0.4, 0.5) is 0 Å². The highest BCUT2D eigenvalue weighted by Crippen LogP contribution is 2.09. The normalized spacial score (nSPS) is 15.7. The van der Waals surface area contributed by atoms with E-state index in [2.05, 4.69) is 49.8 Å². The molecule has 7 amide bonds. The molecule has 0 aliphatic rings. The van der Waals surface area contributed by atoms with Crippen LogP contribution < -0.4 is 48.7 Å². The largest absolute Gasteiger partial charge is 0.481 e. The van der Waals surface area contributed by atoms with E-state index < -0.39 is 133 Å². The van der Waals surface area contributed by atoms with E-state index in [-0.39, 0.29) is 24.5 Å². The number of nitrogens with two attached hydrogens (primary N) is 2. The Hall–Kier alpha value is -5.07. The van der Waals surface area contributed by atoms with Crippen LogP contribution in [0.1, 0.15) is 79.6 Å². The number of nitrogens with one attached hydrogen (secondary N) is 7. The van der Waals surface area contributed by atoms with Gasteiger partial charge in [0.15, 0.2) is 0 Å². The molecule has 0 saturated carbocycles. The minimum Gasteiger partial charge on any atom is -0.481 e. The number of aliphatic carboxylic acids is 3. The van der Waals surface area contributed by atoms with Crippen LogP contribution in [0.3, 0.4) is 0 Å². The third-order valence-corrected chi connectivity index (χ3v) is 8.70. The van der Waals surface area contributed by atoms with Crippen molar-refractivity contribution < 1.29 is 68.4 Å². The molecule has 0 radical (unpaired) electrons. The molecule has 0 aliphatic heterocycles. The first kappa shape index (κ1) is 52.9. The highest BCUT2D eigenvalue weighted by Gasteiger charge is 2.34. The number of aliphatic hydroxyl groups excluding tert-OH is 1. The lowest BCUT2D eigenvalue weighted by Crippen LogP contribution is -2.60. The molecule has 15 N–H and O–H groups in total. The van der Waals surface area contributed by atoms with Gasteiger partial charge in [-0.25, -0.2) is 4.79 Å². The molecule has 0 fully saturated rings. The van der Waals surface area contributed by atoms with Crippen molar-refractivity contribution in [2.24, 2.45) is 17.4 Å². The molecular formula is C34H59N9O14S. The summed E-state index contributed by atoms with van der Waals surface area (Å²) in [6.45, 7) is 7.33. The van der Waals surface area contributed by atoms with Gasteiger partial charge >= 0.3 is 17.9 Å². The predicted molar refractivity (Wildman–Crippen MR) is 207 cm³/mol. The minimum atomic E-state index is -1.79. The van der Waals surface area contributed by atoms with E-state index in [0.29, 0.717) is 19.4 Å². The van der Waals surface area contributed by atoms with Gasteiger partial charge in [-0.2, -0.15) is 12.6 Å². The number of rotatable bonds is 28. The standard InChI is InChI=1S/C34H59N9O14S/c1-15(2)12-21(30(52)43-23(14-58)32(54)40-20(34(56)57)8-6-7-11-35)42-31(53)22(13-25(47)48)41-28(50)17(4)37-27(49)16(3)38-29(51)19(9-10-24(45)46)39-33(55)26(36)18(5)44/h15-23,26,44,58H,6-14,35-36H2,1-5H3,(H,37,49)(H,38,51)(H,39,55)(H,40,54)(H,41,50)(H,42,53)(H,43,52)(H,45,46)(H,47,48)(H,56,57)/t16-,17-,18+,19-,20-,21-,22-,23-,26-/m0/s1. The van der Waals surface area contributed by atoms with Crippen LogP contribution >= 0.6 is 12.6 Å². The van der Waals surface area contributed by atoms with E-state index in [9.17, 15) is 63.3 Å². The maximum Gasteiger partial charge on any atom is 0.326 e. The number of carbonyl (C=O) groups is 10. The van der Waals surface area contributed by atoms with Crippen LogP contribution in [0.5, 0.6) is 0 Å². The number of unbranched alkanes of at least 4 members (excludes halogenated alkanes) is 1. The SMILES string of the molecule is CC(C)C[C@H](NC(=O)[C@H](CC(=O)O)NC(=O)[C@H](C)NC(=O)[C@H](C)NC(=O)[C@H](CCC(=O)O)NC(=O)[C@@H](N)[C@@H](C)O)C(=O)N[C@@H](CS)C(=O)N[C@@H](CCCCN)C(=O)O. The molecule has 0 bridgehead atoms. The number of hydrogen-bond acceptors (Lipinski definition) is 14. The molecule has 23 nitrogen and oxygen atoms in total. The van der Waals surface area contributed by atoms with Gasteiger partial charge in [-0.05, 0) is 65.3 Å². The molecule has 330 valence electrons. The summed E-state index contributed by atoms with van der Waals surface area (Å²) in [6.07, 6.45) is -2.26. The molecule has 0 heterocycles. The Kier molecular flexibility index (Phi) is 24.4. The zero-order valence-electron chi connectivity index (χ0n) is 33.1. The molecule has 0 aliphatic carbocycles. The van der Waals surface area contributed by atoms with E-state index in [1.165, 1.54) is 20.8 Å². The number of carboxylic acid groups (broad SMARTS) is 3. The van der Waals surface area contributed by atoms with E-state index in [4.69, 9.17) is 16.6 Å². The summed E-state index contributed by atoms with van der Waals surface area (Å²) >= 11 is 4.09. The first-order chi connectivity index (χ1) is 26.9. The van der Waals surface area contributed by atoms with Crippen molar-refractivity contribution in [1.82, 2.24) is 37.2 Å². The monoisotopic (exact) mass is 849 g/mol. The first-order valence-corrected chi connectivity index (χ1v) is 19.1. The molecule has 0 aromatic heterocycles. The smallest absolute Gasteiger partial charge is 0.326 e. The highest BCUT2D eigenvalue weighted by atomic mass is 32.1. The maximum atomic E-state index is 13.4. The molecule has 0 saturated heterocycles. The second kappa shape index (κ2) is 26.8. The lowest BCUT2D eigenvalue weighted by Gasteiger charge is -2.27. The van der Waals surface area contributed by atoms with Gasteiger partial charge in [0.1, 0.15) is 48.3 Å². The molecular weight excluding hydrogens is 790 g/mol. The van der Waals surface area contributed by atoms with Gasteiger partial charge in [-0.15, -0.1) is 0 Å². The van der Waals surface area contributed by atoms with Gasteiger partial charge in [0.2, 0.25) is 41.4 Å². The fourth-order valence-electron chi connectivity index (χ4n) is 4.95. The summed E-state index contributed by atoms with van der Waals surface area (Å²) in [6, 6.07) is -11.5. The number of aliphatic hydroxyl groups is 1. The van der Waals surface area contributed by atoms with Gasteiger partial charge < -0.3 is 69.1 Å². The van der Waals surface area contributed by atoms with Gasteiger partial charge in [-0.3, -0.25) is 43.2 Å². The zero-order valence-corrected chi connectivity index (χ0v) is 34.0. The molecule has 0 rings (SSSR count). The first-order valence-electron chi connectivity index (χ1n) is 18.5. The van der Waals surface area contributed by atoms with Crippen molar-refractivity contribution in [3.63, 3.8) is 0 Å². The summed E-state index contributed by atoms with van der Waals surface area (Å²) in [5.74, 6) is -11.5. The van der Waals surface area contributed by atoms with Gasteiger partial charge in [0.25, 0.3) is 0 Å². The number of carboxylic acids is 3. The average Bonchev–Trinajstić information content (AvgIpc) is 3.12. The van der Waals surface area contributed by atoms with Crippen molar-refractivity contribution in [3.8, 4) is 0 Å². The summed E-state index contributed by atoms with van der Waals surface area (Å²) in [7, 11) is 0. The lowest BCUT2D eigenvalue weighted by molar-refractivity contribution is -0.142. The third kappa shape index (κ3) is 20.4. The van der Waals surface area contributed by atoms with E-state index in [1.807, 2.05) is 0 Å². The van der Waals surface area contributed by atoms with Crippen molar-refractivity contribution >= 4 is 71.9 Å². The van der Waals surface area contributed by atoms with Crippen LogP contribution in [-0.2, 0) is 47.9 Å². The summed E-state index contributed by atoms with van der Waals surface area (Å²) < 4.78 is 0. The fraction of sp³-hybridized carbons (Fsp3) is 0.706. The van der Waals surface area contributed by atoms with E-state index in [0.717, 1.165) is 0 Å². The molecule has 24 heteroatoms. The lowest BCUT2D eigenvalue weighted by atomic mass is 10.0. The third-order valence-electron chi connectivity index (χ3n) is 8.34. The number of amides is 7. The van der Waals surface area contributed by atoms with Crippen molar-refractivity contribution in [1.29, 1.82) is 0 Å². The number of carbonyl (C=O) groups excluding carboxylic acids is 7. The van der Waals surface area contributed by atoms with Crippen molar-refractivity contribution in [3.05, 3.63) is 0 Å². The van der Waals surface area contributed by atoms with Crippen molar-refractivity contribution in [2.45, 2.75) is 134 Å². The Morgan fingerprint density at radius 1 is 0.552 bits per heavy atom. The molecule has 0 spiro atoms. The summed E-state index contributed by atoms with van der Waals surface area (Å²) in [5.41, 5.74) is 11.0. The Bertz CT molecular complexity index is 1470. The summed E-state index contributed by atoms with van der Waals surface area (Å²) in [4.78, 5) is 125. The average molecular weight is 850 g/mol. The molecule has 0 aromatic carbocycles. The minimum absolute atomic E-state index is 0.0205. The molecule has 0 unspecified atom stereocenters. The highest BCUT2D eigenvalue weighted by molar-refractivity contribution is 7.80. The van der Waals surface area contributed by atoms with E-state index in [1.54, 1.807) is 13.8 Å². The molecule has 58 heavy (non-hydrogen) atoms. The summed E-state index contributed by atoms with van der Waals surface area (Å²) in [5, 5.41) is 53.7. The van der Waals surface area contributed by atoms with Gasteiger partial charge in [-0.1, -0.05) is 13.8 Å². The Morgan fingerprint density at radius 2 is 1.00 bits per heavy atom. The molecule has 0 aromatic rings. The van der Waals surface area contributed by atoms with E-state index >= 15 is 0 Å². The van der Waals surface area contributed by atoms with Crippen LogP contribution in [0.2, 0.25) is 0 Å². The Balaban J connectivity index is 5.81. The quantitative estimate of drug-likeness (QED) is 0.0261. The molecule has 9 atom stereocenters. The van der Waals surface area contributed by atoms with Crippen LogP contribution in [-0.4, -0.2) is 146 Å². The topological polar surface area (TPSA) is 388 Å². The second-order valence-electron chi connectivity index (χ2n) is 14.0. The van der Waals surface area contributed by atoms with Crippen molar-refractivity contribution in [2.75, 3.05) is 12.3 Å². The second-order valence-corrected chi connectivity index (χ2v) is 14.4. The van der Waals surface area contributed by atoms with Gasteiger partial charge in [0.05, 0.1) is 12.5 Å². The Labute approximate surface area is 340 Å². The zero-order chi connectivity index (χ0) is 44.9. The number of hydrogen-bond donors (Lipinski definition) is 14. The van der Waals surface area contributed by atoms with Crippen LogP contribution in [0, 0.1) is 5.92 Å². The van der Waals surface area contributed by atoms with Gasteiger partial charge in [0, 0.05) is 12.2 Å². The predicted octanol–water partition coefficient (Wildman–Crippen LogP) is -4.34. The van der Waals surface area contributed by atoms with Crippen LogP contribution in [0.25, 0.3) is 0 Å². The maximum absolute atomic E-state index is 13.4. The Morgan fingerprint density at radius 3 is 1.48 bits per heavy atom. The van der Waals surface area contributed by atoms with Crippen LogP contribution in [0.15, 0.2) is 0 Å².